The average molecular weight is 557 g/mol. The number of nitrogens with one attached hydrogen (secondary N) is 2. The normalized spacial score (nSPS) is 13.6. The number of carbonyl (C=O) groups excluding carboxylic acids is 1. The molecule has 0 bridgehead atoms. The van der Waals surface area contributed by atoms with Crippen molar-refractivity contribution in [1.29, 1.82) is 0 Å². The Hall–Kier alpha value is -1.88. The van der Waals surface area contributed by atoms with Gasteiger partial charge < -0.3 is 20.4 Å². The van der Waals surface area contributed by atoms with Gasteiger partial charge in [-0.15, -0.1) is 35.3 Å². The molecule has 170 valence electrons. The fourth-order valence-corrected chi connectivity index (χ4v) is 4.35. The van der Waals surface area contributed by atoms with Crippen LogP contribution in [0.3, 0.4) is 0 Å². The van der Waals surface area contributed by atoms with E-state index in [-0.39, 0.29) is 29.9 Å². The van der Waals surface area contributed by atoms with Crippen molar-refractivity contribution >= 4 is 52.3 Å². The zero-order valence-corrected chi connectivity index (χ0v) is 21.7. The maximum Gasteiger partial charge on any atom is 0.253 e. The molecule has 0 spiro atoms. The largest absolute Gasteiger partial charge is 0.356 e. The lowest BCUT2D eigenvalue weighted by molar-refractivity contribution is 0.0827. The number of aliphatic imine (C=N–C) groups is 1. The molecule has 0 unspecified atom stereocenters. The Morgan fingerprint density at radius 1 is 1.19 bits per heavy atom. The smallest absolute Gasteiger partial charge is 0.253 e. The predicted octanol–water partition coefficient (Wildman–Crippen LogP) is 3.01. The van der Waals surface area contributed by atoms with Crippen LogP contribution in [-0.4, -0.2) is 69.1 Å². The van der Waals surface area contributed by atoms with Gasteiger partial charge in [-0.25, -0.2) is 4.98 Å². The third-order valence-corrected chi connectivity index (χ3v) is 6.05. The monoisotopic (exact) mass is 556 g/mol. The zero-order chi connectivity index (χ0) is 21.3. The van der Waals surface area contributed by atoms with Crippen molar-refractivity contribution < 1.29 is 4.79 Å². The van der Waals surface area contributed by atoms with Crippen LogP contribution in [0.2, 0.25) is 0 Å². The molecule has 2 N–H and O–H groups in total. The van der Waals surface area contributed by atoms with Gasteiger partial charge in [-0.2, -0.15) is 0 Å². The van der Waals surface area contributed by atoms with E-state index in [1.165, 1.54) is 12.8 Å². The molecule has 3 rings (SSSR count). The van der Waals surface area contributed by atoms with Crippen molar-refractivity contribution in [3.05, 3.63) is 46.5 Å². The second kappa shape index (κ2) is 12.8. The molecule has 2 heterocycles. The first kappa shape index (κ1) is 25.4. The Labute approximate surface area is 206 Å². The Kier molecular flexibility index (Phi) is 10.5. The molecule has 2 aromatic rings. The van der Waals surface area contributed by atoms with Crippen LogP contribution in [0.4, 0.5) is 5.13 Å². The van der Waals surface area contributed by atoms with Crippen LogP contribution in [0.25, 0.3) is 0 Å². The second-order valence-corrected chi connectivity index (χ2v) is 8.48. The topological polar surface area (TPSA) is 72.9 Å². The van der Waals surface area contributed by atoms with Gasteiger partial charge in [0.2, 0.25) is 0 Å². The van der Waals surface area contributed by atoms with E-state index in [1.807, 2.05) is 24.3 Å². The number of aromatic nitrogens is 1. The SMILES string of the molecule is CN=C(NCCc1cccc(C(=O)N(C)C)c1)NCCc1csc(N2CCCC2)n1.I. The molecule has 0 saturated carbocycles. The molecular formula is C22H33IN6OS. The maximum atomic E-state index is 12.1. The number of benzene rings is 1. The molecule has 7 nitrogen and oxygen atoms in total. The summed E-state index contributed by atoms with van der Waals surface area (Å²) in [5.74, 6) is 0.808. The highest BCUT2D eigenvalue weighted by Crippen LogP contribution is 2.24. The summed E-state index contributed by atoms with van der Waals surface area (Å²) in [6, 6.07) is 7.79. The van der Waals surface area contributed by atoms with Crippen LogP contribution in [0.15, 0.2) is 34.6 Å². The van der Waals surface area contributed by atoms with Crippen LogP contribution in [0.5, 0.6) is 0 Å². The summed E-state index contributed by atoms with van der Waals surface area (Å²) >= 11 is 1.74. The van der Waals surface area contributed by atoms with Gasteiger partial charge in [0.05, 0.1) is 5.69 Å². The number of amides is 1. The number of anilines is 1. The van der Waals surface area contributed by atoms with Gasteiger partial charge in [0.25, 0.3) is 5.91 Å². The summed E-state index contributed by atoms with van der Waals surface area (Å²) < 4.78 is 0. The third kappa shape index (κ3) is 7.64. The van der Waals surface area contributed by atoms with Gasteiger partial charge >= 0.3 is 0 Å². The number of hydrogen-bond donors (Lipinski definition) is 2. The van der Waals surface area contributed by atoms with E-state index in [2.05, 4.69) is 25.9 Å². The first-order chi connectivity index (χ1) is 14.6. The van der Waals surface area contributed by atoms with Crippen LogP contribution in [-0.2, 0) is 12.8 Å². The van der Waals surface area contributed by atoms with Gasteiger partial charge in [-0.1, -0.05) is 12.1 Å². The van der Waals surface area contributed by atoms with Crippen molar-refractivity contribution in [2.75, 3.05) is 52.2 Å². The van der Waals surface area contributed by atoms with Gasteiger partial charge in [-0.3, -0.25) is 9.79 Å². The lowest BCUT2D eigenvalue weighted by Gasteiger charge is -2.13. The summed E-state index contributed by atoms with van der Waals surface area (Å²) in [4.78, 5) is 25.1. The Bertz CT molecular complexity index is 863. The van der Waals surface area contributed by atoms with Crippen LogP contribution in [0.1, 0.15) is 34.5 Å². The number of guanidine groups is 1. The van der Waals surface area contributed by atoms with Crippen molar-refractivity contribution in [3.8, 4) is 0 Å². The second-order valence-electron chi connectivity index (χ2n) is 7.64. The molecule has 1 aromatic heterocycles. The number of thiazole rings is 1. The molecule has 0 atom stereocenters. The molecule has 9 heteroatoms. The molecule has 0 radical (unpaired) electrons. The highest BCUT2D eigenvalue weighted by atomic mass is 127. The van der Waals surface area contributed by atoms with Gasteiger partial charge in [0.1, 0.15) is 0 Å². The lowest BCUT2D eigenvalue weighted by atomic mass is 10.1. The molecule has 1 fully saturated rings. The van der Waals surface area contributed by atoms with Gasteiger partial charge in [-0.05, 0) is 37.0 Å². The number of carbonyl (C=O) groups is 1. The Balaban J connectivity index is 0.00000341. The van der Waals surface area contributed by atoms with E-state index in [1.54, 1.807) is 37.4 Å². The van der Waals surface area contributed by atoms with E-state index < -0.39 is 0 Å². The number of halogens is 1. The zero-order valence-electron chi connectivity index (χ0n) is 18.6. The molecule has 1 aliphatic heterocycles. The highest BCUT2D eigenvalue weighted by Gasteiger charge is 2.15. The Morgan fingerprint density at radius 3 is 2.58 bits per heavy atom. The molecular weight excluding hydrogens is 523 g/mol. The van der Waals surface area contributed by atoms with E-state index >= 15 is 0 Å². The van der Waals surface area contributed by atoms with E-state index in [0.717, 1.165) is 66.9 Å². The number of rotatable bonds is 8. The third-order valence-electron chi connectivity index (χ3n) is 5.10. The summed E-state index contributed by atoms with van der Waals surface area (Å²) in [7, 11) is 5.32. The fraction of sp³-hybridized carbons (Fsp3) is 0.500. The number of hydrogen-bond acceptors (Lipinski definition) is 5. The van der Waals surface area contributed by atoms with Crippen molar-refractivity contribution in [2.45, 2.75) is 25.7 Å². The van der Waals surface area contributed by atoms with Crippen molar-refractivity contribution in [1.82, 2.24) is 20.5 Å². The van der Waals surface area contributed by atoms with Gasteiger partial charge in [0, 0.05) is 64.7 Å². The maximum absolute atomic E-state index is 12.1. The molecule has 1 amide bonds. The van der Waals surface area contributed by atoms with Gasteiger partial charge in [0.15, 0.2) is 11.1 Å². The molecule has 1 aromatic carbocycles. The molecule has 1 aliphatic rings. The molecule has 1 saturated heterocycles. The first-order valence-corrected chi connectivity index (χ1v) is 11.4. The lowest BCUT2D eigenvalue weighted by Crippen LogP contribution is -2.39. The summed E-state index contributed by atoms with van der Waals surface area (Å²) in [6.45, 7) is 3.80. The van der Waals surface area contributed by atoms with E-state index in [0.29, 0.717) is 0 Å². The minimum absolute atomic E-state index is 0. The van der Waals surface area contributed by atoms with E-state index in [4.69, 9.17) is 4.98 Å². The summed E-state index contributed by atoms with van der Waals surface area (Å²) in [6.07, 6.45) is 4.24. The van der Waals surface area contributed by atoms with Crippen LogP contribution >= 0.6 is 35.3 Å². The minimum atomic E-state index is 0. The van der Waals surface area contributed by atoms with Crippen molar-refractivity contribution in [3.63, 3.8) is 0 Å². The standard InChI is InChI=1S/C22H32N6OS.HI/c1-23-21(24-11-9-17-7-6-8-18(15-17)20(29)27(2)3)25-12-10-19-16-30-22(26-19)28-13-4-5-14-28;/h6-8,15-16H,4-5,9-14H2,1-3H3,(H2,23,24,25);1H. The summed E-state index contributed by atoms with van der Waals surface area (Å²) in [5, 5.41) is 10.0. The van der Waals surface area contributed by atoms with E-state index in [9.17, 15) is 4.79 Å². The number of nitrogens with zero attached hydrogens (tertiary/aromatic N) is 4. The predicted molar refractivity (Wildman–Crippen MR) is 140 cm³/mol. The summed E-state index contributed by atoms with van der Waals surface area (Å²) in [5.41, 5.74) is 2.98. The fourth-order valence-electron chi connectivity index (χ4n) is 3.44. The molecule has 0 aliphatic carbocycles. The van der Waals surface area contributed by atoms with Crippen LogP contribution < -0.4 is 15.5 Å². The quantitative estimate of drug-likeness (QED) is 0.297. The first-order valence-electron chi connectivity index (χ1n) is 10.5. The average Bonchev–Trinajstić information content (AvgIpc) is 3.44. The van der Waals surface area contributed by atoms with Crippen LogP contribution in [0, 0.1) is 0 Å². The highest BCUT2D eigenvalue weighted by molar-refractivity contribution is 14.0. The minimum Gasteiger partial charge on any atom is -0.356 e. The Morgan fingerprint density at radius 2 is 1.90 bits per heavy atom. The molecule has 31 heavy (non-hydrogen) atoms. The van der Waals surface area contributed by atoms with Crippen molar-refractivity contribution in [2.24, 2.45) is 4.99 Å².